The number of ether oxygens (including phenoxy) is 4. The van der Waals surface area contributed by atoms with Crippen LogP contribution >= 0.6 is 11.6 Å². The van der Waals surface area contributed by atoms with E-state index in [2.05, 4.69) is 0 Å². The van der Waals surface area contributed by atoms with Crippen molar-refractivity contribution in [1.29, 1.82) is 0 Å². The van der Waals surface area contributed by atoms with Gasteiger partial charge in [0.25, 0.3) is 5.91 Å². The fourth-order valence-electron chi connectivity index (χ4n) is 5.49. The Labute approximate surface area is 290 Å². The van der Waals surface area contributed by atoms with Crippen molar-refractivity contribution in [3.63, 3.8) is 0 Å². The van der Waals surface area contributed by atoms with E-state index in [0.29, 0.717) is 76.1 Å². The number of halogens is 1. The molecule has 5 rings (SSSR count). The SMILES string of the molecule is COc1ccc(N(C)C(=O)c2ccc(OC(=O)C3CCC(C(=O)Oc4ccc(OC)cc4/C=C/C(=O)c4ccc(Cl)cc4)CC3)cc2)cc1. The van der Waals surface area contributed by atoms with E-state index < -0.39 is 11.9 Å². The van der Waals surface area contributed by atoms with Crippen molar-refractivity contribution < 1.29 is 38.1 Å². The van der Waals surface area contributed by atoms with Crippen LogP contribution in [0.15, 0.2) is 97.1 Å². The number of nitrogens with zero attached hydrogens (tertiary/aromatic N) is 1. The molecule has 1 saturated carbocycles. The summed E-state index contributed by atoms with van der Waals surface area (Å²) in [4.78, 5) is 53.3. The van der Waals surface area contributed by atoms with Gasteiger partial charge >= 0.3 is 11.9 Å². The second-order valence-corrected chi connectivity index (χ2v) is 12.0. The predicted octanol–water partition coefficient (Wildman–Crippen LogP) is 7.85. The first-order valence-corrected chi connectivity index (χ1v) is 16.1. The molecule has 0 heterocycles. The van der Waals surface area contributed by atoms with Crippen molar-refractivity contribution in [1.82, 2.24) is 0 Å². The Morgan fingerprint density at radius 1 is 0.673 bits per heavy atom. The van der Waals surface area contributed by atoms with E-state index in [-0.39, 0.29) is 23.6 Å². The fraction of sp³-hybridized carbons (Fsp3) is 0.231. The Morgan fingerprint density at radius 3 is 1.80 bits per heavy atom. The average molecular weight is 682 g/mol. The van der Waals surface area contributed by atoms with Gasteiger partial charge in [-0.25, -0.2) is 0 Å². The minimum atomic E-state index is -0.407. The van der Waals surface area contributed by atoms with Gasteiger partial charge in [0.05, 0.1) is 26.1 Å². The van der Waals surface area contributed by atoms with Crippen LogP contribution < -0.4 is 23.8 Å². The third-order valence-corrected chi connectivity index (χ3v) is 8.70. The molecule has 1 aliphatic rings. The highest BCUT2D eigenvalue weighted by molar-refractivity contribution is 6.30. The number of esters is 2. The lowest BCUT2D eigenvalue weighted by molar-refractivity contribution is -0.145. The lowest BCUT2D eigenvalue weighted by Crippen LogP contribution is -2.30. The Hall–Kier alpha value is -5.41. The van der Waals surface area contributed by atoms with Crippen molar-refractivity contribution in [2.45, 2.75) is 25.7 Å². The van der Waals surface area contributed by atoms with Crippen LogP contribution in [0.25, 0.3) is 6.08 Å². The van der Waals surface area contributed by atoms with Crippen LogP contribution in [-0.2, 0) is 9.59 Å². The monoisotopic (exact) mass is 681 g/mol. The minimum Gasteiger partial charge on any atom is -0.497 e. The maximum absolute atomic E-state index is 13.2. The van der Waals surface area contributed by atoms with Crippen LogP contribution in [0.1, 0.15) is 52.0 Å². The van der Waals surface area contributed by atoms with Crippen molar-refractivity contribution in [2.75, 3.05) is 26.2 Å². The summed E-state index contributed by atoms with van der Waals surface area (Å²) in [5.74, 6) is -0.127. The molecule has 9 nitrogen and oxygen atoms in total. The van der Waals surface area contributed by atoms with Crippen LogP contribution in [0.2, 0.25) is 5.02 Å². The largest absolute Gasteiger partial charge is 0.497 e. The van der Waals surface area contributed by atoms with Crippen molar-refractivity contribution in [3.8, 4) is 23.0 Å². The zero-order chi connectivity index (χ0) is 34.9. The molecule has 0 atom stereocenters. The molecule has 252 valence electrons. The maximum Gasteiger partial charge on any atom is 0.314 e. The topological polar surface area (TPSA) is 108 Å². The number of rotatable bonds is 11. The molecule has 0 aliphatic heterocycles. The molecule has 1 fully saturated rings. The van der Waals surface area contributed by atoms with Gasteiger partial charge in [0.1, 0.15) is 23.0 Å². The first kappa shape index (κ1) is 34.9. The standard InChI is InChI=1S/C39H36ClNO8/c1-41(31-15-19-32(46-2)20-16-31)37(43)26-10-17-33(18-11-26)48-38(44)27-4-6-28(7-5-27)39(45)49-36-23-21-34(47-3)24-29(36)12-22-35(42)25-8-13-30(40)14-9-25/h8-24,27-28H,4-7H2,1-3H3/b22-12+. The van der Waals surface area contributed by atoms with E-state index in [4.69, 9.17) is 30.5 Å². The quantitative estimate of drug-likeness (QED) is 0.0682. The number of allylic oxidation sites excluding steroid dienone is 1. The summed E-state index contributed by atoms with van der Waals surface area (Å²) in [7, 11) is 4.79. The Kier molecular flexibility index (Phi) is 11.5. The zero-order valence-electron chi connectivity index (χ0n) is 27.4. The summed E-state index contributed by atoms with van der Waals surface area (Å²) >= 11 is 5.93. The number of carbonyl (C=O) groups excluding carboxylic acids is 4. The first-order chi connectivity index (χ1) is 23.6. The van der Waals surface area contributed by atoms with Gasteiger partial charge in [-0.2, -0.15) is 0 Å². The number of methoxy groups -OCH3 is 2. The van der Waals surface area contributed by atoms with Crippen molar-refractivity contribution >= 4 is 47.0 Å². The minimum absolute atomic E-state index is 0.211. The molecule has 0 aromatic heterocycles. The summed E-state index contributed by atoms with van der Waals surface area (Å²) in [6.45, 7) is 0. The maximum atomic E-state index is 13.2. The molecule has 0 unspecified atom stereocenters. The summed E-state index contributed by atoms with van der Waals surface area (Å²) in [6, 6.07) is 25.1. The van der Waals surface area contributed by atoms with Crippen LogP contribution in [0, 0.1) is 11.8 Å². The predicted molar refractivity (Wildman–Crippen MR) is 187 cm³/mol. The molecule has 0 saturated heterocycles. The van der Waals surface area contributed by atoms with Crippen LogP contribution in [-0.4, -0.2) is 44.9 Å². The zero-order valence-corrected chi connectivity index (χ0v) is 28.1. The Bertz CT molecular complexity index is 1830. The second kappa shape index (κ2) is 16.1. The summed E-state index contributed by atoms with van der Waals surface area (Å²) < 4.78 is 21.9. The number of anilines is 1. The van der Waals surface area contributed by atoms with Gasteiger partial charge < -0.3 is 23.8 Å². The van der Waals surface area contributed by atoms with Gasteiger partial charge in [-0.1, -0.05) is 11.6 Å². The molecular formula is C39H36ClNO8. The van der Waals surface area contributed by atoms with Gasteiger partial charge in [-0.05, 0) is 129 Å². The number of hydrogen-bond acceptors (Lipinski definition) is 8. The van der Waals surface area contributed by atoms with Gasteiger partial charge in [-0.3, -0.25) is 19.2 Å². The molecule has 4 aromatic carbocycles. The van der Waals surface area contributed by atoms with Crippen LogP contribution in [0.3, 0.4) is 0 Å². The van der Waals surface area contributed by atoms with Crippen molar-refractivity contribution in [2.24, 2.45) is 11.8 Å². The van der Waals surface area contributed by atoms with Gasteiger partial charge in [-0.15, -0.1) is 0 Å². The van der Waals surface area contributed by atoms with E-state index >= 15 is 0 Å². The second-order valence-electron chi connectivity index (χ2n) is 11.6. The Morgan fingerprint density at radius 2 is 1.20 bits per heavy atom. The highest BCUT2D eigenvalue weighted by Gasteiger charge is 2.32. The molecule has 1 amide bonds. The molecule has 0 bridgehead atoms. The van der Waals surface area contributed by atoms with E-state index in [1.54, 1.807) is 111 Å². The molecule has 10 heteroatoms. The average Bonchev–Trinajstić information content (AvgIpc) is 3.14. The summed E-state index contributed by atoms with van der Waals surface area (Å²) in [5, 5.41) is 0.531. The lowest BCUT2D eigenvalue weighted by Gasteiger charge is -2.26. The van der Waals surface area contributed by atoms with Gasteiger partial charge in [0.15, 0.2) is 5.78 Å². The molecule has 1 aliphatic carbocycles. The molecule has 4 aromatic rings. The first-order valence-electron chi connectivity index (χ1n) is 15.8. The highest BCUT2D eigenvalue weighted by atomic mass is 35.5. The lowest BCUT2D eigenvalue weighted by atomic mass is 9.82. The third-order valence-electron chi connectivity index (χ3n) is 8.45. The number of benzene rings is 4. The van der Waals surface area contributed by atoms with E-state index in [1.165, 1.54) is 18.1 Å². The number of amides is 1. The Balaban J connectivity index is 1.14. The third kappa shape index (κ3) is 8.94. The normalized spacial score (nSPS) is 15.7. The van der Waals surface area contributed by atoms with E-state index in [9.17, 15) is 19.2 Å². The fourth-order valence-corrected chi connectivity index (χ4v) is 5.62. The van der Waals surface area contributed by atoms with Crippen LogP contribution in [0.5, 0.6) is 23.0 Å². The van der Waals surface area contributed by atoms with Gasteiger partial charge in [0, 0.05) is 34.4 Å². The molecule has 49 heavy (non-hydrogen) atoms. The van der Waals surface area contributed by atoms with Crippen LogP contribution in [0.4, 0.5) is 5.69 Å². The molecule has 0 spiro atoms. The smallest absolute Gasteiger partial charge is 0.314 e. The molecule has 0 N–H and O–H groups in total. The van der Waals surface area contributed by atoms with Gasteiger partial charge in [0.2, 0.25) is 0 Å². The highest BCUT2D eigenvalue weighted by Crippen LogP contribution is 2.33. The number of hydrogen-bond donors (Lipinski definition) is 0. The number of carbonyl (C=O) groups is 4. The molecule has 0 radical (unpaired) electrons. The van der Waals surface area contributed by atoms with E-state index in [1.807, 2.05) is 0 Å². The van der Waals surface area contributed by atoms with E-state index in [0.717, 1.165) is 0 Å². The number of ketones is 1. The summed E-state index contributed by atoms with van der Waals surface area (Å²) in [6.07, 6.45) is 4.83. The molecular weight excluding hydrogens is 646 g/mol. The van der Waals surface area contributed by atoms with Crippen molar-refractivity contribution in [3.05, 3.63) is 119 Å². The summed E-state index contributed by atoms with van der Waals surface area (Å²) in [5.41, 5.74) is 2.13.